The highest BCUT2D eigenvalue weighted by Crippen LogP contribution is 2.23. The number of likely N-dealkylation sites (N-methyl/N-ethyl adjacent to an activating group) is 1. The van der Waals surface area contributed by atoms with Gasteiger partial charge in [-0.25, -0.2) is 0 Å². The molecule has 0 fully saturated rings. The van der Waals surface area contributed by atoms with Crippen molar-refractivity contribution in [2.24, 2.45) is 5.92 Å². The second-order valence-corrected chi connectivity index (χ2v) is 13.6. The van der Waals surface area contributed by atoms with Crippen LogP contribution in [0.5, 0.6) is 0 Å². The van der Waals surface area contributed by atoms with Crippen molar-refractivity contribution >= 4 is 0 Å². The van der Waals surface area contributed by atoms with Gasteiger partial charge in [0, 0.05) is 6.54 Å². The van der Waals surface area contributed by atoms with Crippen LogP contribution in [0.25, 0.3) is 0 Å². The molecule has 1 nitrogen and oxygen atoms in total. The van der Waals surface area contributed by atoms with Crippen molar-refractivity contribution < 1.29 is 0 Å². The minimum atomic E-state index is 0.894. The van der Waals surface area contributed by atoms with Crippen LogP contribution >= 0.6 is 0 Å². The summed E-state index contributed by atoms with van der Waals surface area (Å²) in [6, 6.07) is 0. The molecule has 0 N–H and O–H groups in total. The van der Waals surface area contributed by atoms with Gasteiger partial charge in [0.1, 0.15) is 0 Å². The lowest BCUT2D eigenvalue weighted by Gasteiger charge is -2.15. The second-order valence-electron chi connectivity index (χ2n) is 13.6. The summed E-state index contributed by atoms with van der Waals surface area (Å²) in [5.74, 6) is 0.894. The maximum absolute atomic E-state index is 2.47. The highest BCUT2D eigenvalue weighted by molar-refractivity contribution is 4.93. The van der Waals surface area contributed by atoms with Crippen LogP contribution in [-0.4, -0.2) is 25.5 Å². The lowest BCUT2D eigenvalue weighted by molar-refractivity contribution is 0.404. The third-order valence-electron chi connectivity index (χ3n) is 8.73. The molecule has 0 aromatic heterocycles. The molecule has 44 heavy (non-hydrogen) atoms. The van der Waals surface area contributed by atoms with E-state index in [4.69, 9.17) is 0 Å². The maximum Gasteiger partial charge on any atom is 0.0157 e. The number of nitrogens with zero attached hydrogens (tertiary/aromatic N) is 1. The largest absolute Gasteiger partial charge is 0.306 e. The smallest absolute Gasteiger partial charge is 0.0157 e. The number of allylic oxidation sites excluding steroid dienone is 9. The van der Waals surface area contributed by atoms with E-state index in [1.54, 1.807) is 0 Å². The zero-order chi connectivity index (χ0) is 32.0. The lowest BCUT2D eigenvalue weighted by atomic mass is 9.91. The molecule has 0 aliphatic rings. The molecule has 0 aromatic carbocycles. The summed E-state index contributed by atoms with van der Waals surface area (Å²) in [7, 11) is 4.33. The van der Waals surface area contributed by atoms with E-state index in [0.717, 1.165) is 25.3 Å². The quantitative estimate of drug-likeness (QED) is 0.0518. The van der Waals surface area contributed by atoms with Gasteiger partial charge in [0.25, 0.3) is 0 Å². The van der Waals surface area contributed by atoms with E-state index in [2.05, 4.69) is 93.6 Å². The Bertz CT molecular complexity index is 631. The van der Waals surface area contributed by atoms with Gasteiger partial charge in [0.2, 0.25) is 0 Å². The van der Waals surface area contributed by atoms with Crippen LogP contribution in [0.1, 0.15) is 187 Å². The molecule has 0 saturated heterocycles. The molecule has 0 unspecified atom stereocenters. The third-order valence-corrected chi connectivity index (χ3v) is 8.73. The number of hydrogen-bond donors (Lipinski definition) is 0. The average Bonchev–Trinajstić information content (AvgIpc) is 3.02. The summed E-state index contributed by atoms with van der Waals surface area (Å²) in [6.07, 6.45) is 60.2. The fourth-order valence-electron chi connectivity index (χ4n) is 5.80. The average molecular weight is 610 g/mol. The van der Waals surface area contributed by atoms with E-state index >= 15 is 0 Å². The van der Waals surface area contributed by atoms with Crippen LogP contribution in [0.3, 0.4) is 0 Å². The molecule has 0 saturated carbocycles. The van der Waals surface area contributed by atoms with Gasteiger partial charge in [-0.15, -0.1) is 0 Å². The molecule has 0 aliphatic heterocycles. The highest BCUT2D eigenvalue weighted by Gasteiger charge is 2.07. The van der Waals surface area contributed by atoms with Crippen molar-refractivity contribution in [1.82, 2.24) is 4.90 Å². The van der Waals surface area contributed by atoms with Crippen LogP contribution in [0, 0.1) is 5.92 Å². The van der Waals surface area contributed by atoms with Crippen LogP contribution in [0.15, 0.2) is 60.8 Å². The predicted octanol–water partition coefficient (Wildman–Crippen LogP) is 14.5. The summed E-state index contributed by atoms with van der Waals surface area (Å²) in [5, 5.41) is 0. The van der Waals surface area contributed by atoms with Crippen molar-refractivity contribution in [3.8, 4) is 0 Å². The summed E-state index contributed by atoms with van der Waals surface area (Å²) in [5.41, 5.74) is 0. The molecule has 256 valence electrons. The predicted molar refractivity (Wildman–Crippen MR) is 204 cm³/mol. The number of rotatable bonds is 34. The van der Waals surface area contributed by atoms with Gasteiger partial charge in [-0.05, 0) is 90.6 Å². The first-order valence-electron chi connectivity index (χ1n) is 19.6. The Balaban J connectivity index is 3.87. The van der Waals surface area contributed by atoms with Crippen LogP contribution in [0.2, 0.25) is 0 Å². The molecule has 0 radical (unpaired) electrons. The molecule has 0 amide bonds. The summed E-state index contributed by atoms with van der Waals surface area (Å²) in [4.78, 5) is 2.26. The van der Waals surface area contributed by atoms with Crippen molar-refractivity contribution in [2.75, 3.05) is 20.6 Å². The van der Waals surface area contributed by atoms with Gasteiger partial charge in [0.05, 0.1) is 0 Å². The first kappa shape index (κ1) is 42.7. The molecular weight excluding hydrogens is 530 g/mol. The van der Waals surface area contributed by atoms with Crippen LogP contribution in [0.4, 0.5) is 0 Å². The normalized spacial score (nSPS) is 12.8. The molecule has 0 heterocycles. The Morgan fingerprint density at radius 1 is 0.386 bits per heavy atom. The summed E-state index contributed by atoms with van der Waals surface area (Å²) >= 11 is 0. The molecule has 0 atom stereocenters. The van der Waals surface area contributed by atoms with Gasteiger partial charge in [-0.1, -0.05) is 177 Å². The van der Waals surface area contributed by atoms with Crippen molar-refractivity contribution in [2.45, 2.75) is 187 Å². The maximum atomic E-state index is 2.47. The Hall–Kier alpha value is -1.34. The number of unbranched alkanes of at least 4 members (excludes halogenated alkanes) is 18. The lowest BCUT2D eigenvalue weighted by Crippen LogP contribution is -2.10. The molecule has 0 rings (SSSR count). The van der Waals surface area contributed by atoms with Crippen LogP contribution < -0.4 is 0 Å². The van der Waals surface area contributed by atoms with Crippen molar-refractivity contribution in [3.05, 3.63) is 60.8 Å². The molecule has 0 aromatic rings. The number of hydrogen-bond acceptors (Lipinski definition) is 1. The monoisotopic (exact) mass is 610 g/mol. The minimum Gasteiger partial charge on any atom is -0.306 e. The third kappa shape index (κ3) is 36.8. The van der Waals surface area contributed by atoms with Crippen molar-refractivity contribution in [3.63, 3.8) is 0 Å². The van der Waals surface area contributed by atoms with E-state index in [1.807, 2.05) is 0 Å². The van der Waals surface area contributed by atoms with E-state index in [-0.39, 0.29) is 0 Å². The van der Waals surface area contributed by atoms with Gasteiger partial charge in [-0.3, -0.25) is 0 Å². The van der Waals surface area contributed by atoms with Crippen molar-refractivity contribution in [1.29, 1.82) is 0 Å². The molecular formula is C43H79N. The van der Waals surface area contributed by atoms with E-state index < -0.39 is 0 Å². The Morgan fingerprint density at radius 2 is 0.750 bits per heavy atom. The Labute approximate surface area is 278 Å². The SMILES string of the molecule is CCCCC/C=C\C/C=C\CCCCCCCCC(C/C=C/CN(C)C)CCCCCCCC/C=C\C/C=C\CCCCC. The molecule has 0 spiro atoms. The zero-order valence-electron chi connectivity index (χ0n) is 30.6. The topological polar surface area (TPSA) is 3.24 Å². The fourth-order valence-corrected chi connectivity index (χ4v) is 5.80. The highest BCUT2D eigenvalue weighted by atomic mass is 15.0. The van der Waals surface area contributed by atoms with Gasteiger partial charge in [-0.2, -0.15) is 0 Å². The van der Waals surface area contributed by atoms with E-state index in [9.17, 15) is 0 Å². The van der Waals surface area contributed by atoms with Gasteiger partial charge < -0.3 is 4.90 Å². The molecule has 0 bridgehead atoms. The summed E-state index contributed by atoms with van der Waals surface area (Å²) in [6.45, 7) is 5.62. The molecule has 1 heteroatoms. The van der Waals surface area contributed by atoms with E-state index in [0.29, 0.717) is 0 Å². The van der Waals surface area contributed by atoms with Gasteiger partial charge in [0.15, 0.2) is 0 Å². The first-order valence-corrected chi connectivity index (χ1v) is 19.6. The molecule has 0 aliphatic carbocycles. The Kier molecular flexibility index (Phi) is 36.7. The van der Waals surface area contributed by atoms with Gasteiger partial charge >= 0.3 is 0 Å². The zero-order valence-corrected chi connectivity index (χ0v) is 30.6. The van der Waals surface area contributed by atoms with Crippen LogP contribution in [-0.2, 0) is 0 Å². The Morgan fingerprint density at radius 3 is 1.14 bits per heavy atom. The fraction of sp³-hybridized carbons (Fsp3) is 0.767. The summed E-state index contributed by atoms with van der Waals surface area (Å²) < 4.78 is 0. The minimum absolute atomic E-state index is 0.894. The first-order chi connectivity index (χ1) is 21.7. The second kappa shape index (κ2) is 37.8. The van der Waals surface area contributed by atoms with E-state index in [1.165, 1.54) is 161 Å². The standard InChI is InChI=1S/C43H79N/c1-5-7-9-11-13-15-17-19-21-23-25-27-29-31-33-35-39-43(41-37-38-42-44(3)4)40-36-34-32-30-28-26-24-22-20-18-16-14-12-10-8-6-2/h13-16,19-22,37-38,43H,5-12,17-18,23-36,39-42H2,1-4H3/b15-13-,16-14-,21-19-,22-20-,38-37+.